The molecule has 2 aromatic carbocycles. The standard InChI is InChI=1S/C23H20N2O2S/c1-16-11-17(2)13-19(12-16)23(27)24-15-22(26)25-20-6-3-5-18(14-20)8-9-21-7-4-10-28-21/h3-7,10-14H,15H2,1-2H3,(H,24,27)(H,25,26). The number of amides is 2. The van der Waals surface area contributed by atoms with Crippen molar-refractivity contribution in [1.82, 2.24) is 5.32 Å². The maximum Gasteiger partial charge on any atom is 0.251 e. The van der Waals surface area contributed by atoms with E-state index in [0.29, 0.717) is 11.3 Å². The van der Waals surface area contributed by atoms with Crippen LogP contribution in [0.1, 0.15) is 31.9 Å². The number of nitrogens with one attached hydrogen (secondary N) is 2. The second-order valence-corrected chi connectivity index (χ2v) is 7.36. The Kier molecular flexibility index (Phi) is 6.25. The van der Waals surface area contributed by atoms with Crippen molar-refractivity contribution in [2.24, 2.45) is 0 Å². The lowest BCUT2D eigenvalue weighted by Gasteiger charge is -2.08. The van der Waals surface area contributed by atoms with Gasteiger partial charge in [0.1, 0.15) is 0 Å². The van der Waals surface area contributed by atoms with Crippen molar-refractivity contribution in [3.63, 3.8) is 0 Å². The van der Waals surface area contributed by atoms with Crippen LogP contribution in [0.4, 0.5) is 5.69 Å². The van der Waals surface area contributed by atoms with Gasteiger partial charge in [0.2, 0.25) is 5.91 Å². The lowest BCUT2D eigenvalue weighted by molar-refractivity contribution is -0.115. The van der Waals surface area contributed by atoms with Crippen molar-refractivity contribution in [2.45, 2.75) is 13.8 Å². The summed E-state index contributed by atoms with van der Waals surface area (Å²) in [5.74, 6) is 5.61. The van der Waals surface area contributed by atoms with Crippen molar-refractivity contribution in [3.8, 4) is 11.8 Å². The number of hydrogen-bond acceptors (Lipinski definition) is 3. The summed E-state index contributed by atoms with van der Waals surface area (Å²) in [6.07, 6.45) is 0. The van der Waals surface area contributed by atoms with Gasteiger partial charge in [0.25, 0.3) is 5.91 Å². The van der Waals surface area contributed by atoms with E-state index in [2.05, 4.69) is 22.5 Å². The van der Waals surface area contributed by atoms with Crippen LogP contribution in [-0.4, -0.2) is 18.4 Å². The lowest BCUT2D eigenvalue weighted by atomic mass is 10.1. The molecule has 28 heavy (non-hydrogen) atoms. The highest BCUT2D eigenvalue weighted by atomic mass is 32.1. The van der Waals surface area contributed by atoms with E-state index >= 15 is 0 Å². The maximum absolute atomic E-state index is 12.2. The molecule has 5 heteroatoms. The van der Waals surface area contributed by atoms with Gasteiger partial charge in [-0.3, -0.25) is 9.59 Å². The third kappa shape index (κ3) is 5.57. The van der Waals surface area contributed by atoms with Gasteiger partial charge >= 0.3 is 0 Å². The van der Waals surface area contributed by atoms with Crippen LogP contribution in [-0.2, 0) is 4.79 Å². The van der Waals surface area contributed by atoms with E-state index in [-0.39, 0.29) is 18.4 Å². The van der Waals surface area contributed by atoms with Crippen LogP contribution in [0.3, 0.4) is 0 Å². The molecule has 0 fully saturated rings. The summed E-state index contributed by atoms with van der Waals surface area (Å²) in [4.78, 5) is 25.4. The summed E-state index contributed by atoms with van der Waals surface area (Å²) in [5, 5.41) is 7.42. The van der Waals surface area contributed by atoms with E-state index in [9.17, 15) is 9.59 Å². The number of aryl methyl sites for hydroxylation is 2. The van der Waals surface area contributed by atoms with E-state index < -0.39 is 0 Å². The van der Waals surface area contributed by atoms with E-state index in [1.165, 1.54) is 0 Å². The molecule has 4 nitrogen and oxygen atoms in total. The molecule has 140 valence electrons. The summed E-state index contributed by atoms with van der Waals surface area (Å²) in [6.45, 7) is 3.77. The molecule has 0 saturated carbocycles. The zero-order chi connectivity index (χ0) is 19.9. The number of hydrogen-bond donors (Lipinski definition) is 2. The molecule has 0 aliphatic carbocycles. The summed E-state index contributed by atoms with van der Waals surface area (Å²) < 4.78 is 0. The van der Waals surface area contributed by atoms with Crippen molar-refractivity contribution in [2.75, 3.05) is 11.9 Å². The predicted octanol–water partition coefficient (Wildman–Crippen LogP) is 4.13. The highest BCUT2D eigenvalue weighted by molar-refractivity contribution is 7.10. The molecule has 0 saturated heterocycles. The molecule has 0 bridgehead atoms. The van der Waals surface area contributed by atoms with Crippen LogP contribution >= 0.6 is 11.3 Å². The summed E-state index contributed by atoms with van der Waals surface area (Å²) in [7, 11) is 0. The van der Waals surface area contributed by atoms with Gasteiger partial charge in [0.05, 0.1) is 11.4 Å². The van der Waals surface area contributed by atoms with Crippen LogP contribution < -0.4 is 10.6 Å². The van der Waals surface area contributed by atoms with Crippen LogP contribution in [0.5, 0.6) is 0 Å². The topological polar surface area (TPSA) is 58.2 Å². The summed E-state index contributed by atoms with van der Waals surface area (Å²) in [5.41, 5.74) is 4.02. The Morgan fingerprint density at radius 2 is 1.75 bits per heavy atom. The molecule has 0 aliphatic rings. The highest BCUT2D eigenvalue weighted by Gasteiger charge is 2.09. The lowest BCUT2D eigenvalue weighted by Crippen LogP contribution is -2.32. The molecular weight excluding hydrogens is 368 g/mol. The van der Waals surface area contributed by atoms with Gasteiger partial charge in [0, 0.05) is 16.8 Å². The van der Waals surface area contributed by atoms with Gasteiger partial charge in [0.15, 0.2) is 0 Å². The van der Waals surface area contributed by atoms with Gasteiger partial charge in [-0.25, -0.2) is 0 Å². The predicted molar refractivity (Wildman–Crippen MR) is 114 cm³/mol. The second kappa shape index (κ2) is 9.03. The smallest absolute Gasteiger partial charge is 0.251 e. The number of thiophene rings is 1. The number of rotatable bonds is 4. The molecule has 0 unspecified atom stereocenters. The Balaban J connectivity index is 1.57. The molecule has 1 heterocycles. The van der Waals surface area contributed by atoms with E-state index in [1.807, 2.05) is 55.6 Å². The third-order valence-corrected chi connectivity index (χ3v) is 4.68. The molecule has 2 N–H and O–H groups in total. The molecule has 3 rings (SSSR count). The minimum absolute atomic E-state index is 0.100. The average molecular weight is 388 g/mol. The molecule has 0 radical (unpaired) electrons. The fourth-order valence-electron chi connectivity index (χ4n) is 2.73. The zero-order valence-electron chi connectivity index (χ0n) is 15.7. The van der Waals surface area contributed by atoms with Crippen LogP contribution in [0.25, 0.3) is 0 Å². The van der Waals surface area contributed by atoms with E-state index in [1.54, 1.807) is 29.5 Å². The SMILES string of the molecule is Cc1cc(C)cc(C(=O)NCC(=O)Nc2cccc(C#Cc3cccs3)c2)c1. The summed E-state index contributed by atoms with van der Waals surface area (Å²) in [6, 6.07) is 16.8. The Morgan fingerprint density at radius 3 is 2.46 bits per heavy atom. The van der Waals surface area contributed by atoms with Gasteiger partial charge in [-0.2, -0.15) is 0 Å². The first-order valence-electron chi connectivity index (χ1n) is 8.81. The van der Waals surface area contributed by atoms with Gasteiger partial charge in [-0.15, -0.1) is 11.3 Å². The second-order valence-electron chi connectivity index (χ2n) is 6.42. The van der Waals surface area contributed by atoms with Gasteiger partial charge < -0.3 is 10.6 Å². The molecule has 0 spiro atoms. The van der Waals surface area contributed by atoms with Crippen molar-refractivity contribution < 1.29 is 9.59 Å². The van der Waals surface area contributed by atoms with E-state index in [4.69, 9.17) is 0 Å². The molecule has 0 aliphatic heterocycles. The highest BCUT2D eigenvalue weighted by Crippen LogP contribution is 2.12. The largest absolute Gasteiger partial charge is 0.343 e. The first-order valence-corrected chi connectivity index (χ1v) is 9.69. The normalized spacial score (nSPS) is 9.93. The maximum atomic E-state index is 12.2. The fourth-order valence-corrected chi connectivity index (χ4v) is 3.30. The number of carbonyl (C=O) groups excluding carboxylic acids is 2. The Morgan fingerprint density at radius 1 is 0.964 bits per heavy atom. The average Bonchev–Trinajstić information content (AvgIpc) is 3.17. The van der Waals surface area contributed by atoms with E-state index in [0.717, 1.165) is 21.6 Å². The number of benzene rings is 2. The van der Waals surface area contributed by atoms with Crippen molar-refractivity contribution in [1.29, 1.82) is 0 Å². The van der Waals surface area contributed by atoms with Crippen LogP contribution in [0.2, 0.25) is 0 Å². The first-order chi connectivity index (χ1) is 13.5. The Labute approximate surface area is 168 Å². The number of anilines is 1. The zero-order valence-corrected chi connectivity index (χ0v) is 16.5. The Hall–Kier alpha value is -3.36. The first kappa shape index (κ1) is 19.4. The minimum Gasteiger partial charge on any atom is -0.343 e. The quantitative estimate of drug-likeness (QED) is 0.660. The van der Waals surface area contributed by atoms with Gasteiger partial charge in [-0.1, -0.05) is 41.2 Å². The number of carbonyl (C=O) groups is 2. The molecule has 3 aromatic rings. The van der Waals surface area contributed by atoms with Crippen molar-refractivity contribution >= 4 is 28.8 Å². The Bertz CT molecular complexity index is 1040. The van der Waals surface area contributed by atoms with Crippen LogP contribution in [0.15, 0.2) is 60.0 Å². The van der Waals surface area contributed by atoms with Gasteiger partial charge in [-0.05, 0) is 55.6 Å². The molecule has 0 atom stereocenters. The molecule has 1 aromatic heterocycles. The monoisotopic (exact) mass is 388 g/mol. The molecular formula is C23H20N2O2S. The van der Waals surface area contributed by atoms with Crippen LogP contribution in [0, 0.1) is 25.7 Å². The fraction of sp³-hybridized carbons (Fsp3) is 0.130. The molecule has 2 amide bonds. The minimum atomic E-state index is -0.291. The summed E-state index contributed by atoms with van der Waals surface area (Å²) >= 11 is 1.58. The van der Waals surface area contributed by atoms with Crippen molar-refractivity contribution in [3.05, 3.63) is 87.1 Å². The third-order valence-electron chi connectivity index (χ3n) is 3.89.